The van der Waals surface area contributed by atoms with Crippen molar-refractivity contribution in [1.29, 1.82) is 0 Å². The molecule has 0 aliphatic carbocycles. The van der Waals surface area contributed by atoms with Gasteiger partial charge in [0.05, 0.1) is 5.75 Å². The first kappa shape index (κ1) is 25.5. The zero-order valence-corrected chi connectivity index (χ0v) is 21.3. The van der Waals surface area contributed by atoms with Gasteiger partial charge in [-0.2, -0.15) is 0 Å². The van der Waals surface area contributed by atoms with Crippen molar-refractivity contribution in [2.75, 3.05) is 5.75 Å². The molecule has 0 unspecified atom stereocenters. The summed E-state index contributed by atoms with van der Waals surface area (Å²) in [5.41, 5.74) is 3.37. The molecule has 0 heterocycles. The van der Waals surface area contributed by atoms with E-state index in [1.165, 1.54) is 5.56 Å². The van der Waals surface area contributed by atoms with E-state index >= 15 is 0 Å². The molecule has 2 atom stereocenters. The van der Waals surface area contributed by atoms with Crippen LogP contribution >= 0.6 is 27.7 Å². The predicted molar refractivity (Wildman–Crippen MR) is 134 cm³/mol. The molecule has 4 nitrogen and oxygen atoms in total. The van der Waals surface area contributed by atoms with Gasteiger partial charge < -0.3 is 10.2 Å². The predicted octanol–water partition coefficient (Wildman–Crippen LogP) is 5.71. The van der Waals surface area contributed by atoms with Crippen LogP contribution in [0.5, 0.6) is 0 Å². The fourth-order valence-electron chi connectivity index (χ4n) is 3.25. The Bertz CT molecular complexity index is 857. The molecular formula is C25H33BrN2O2S. The van der Waals surface area contributed by atoms with Crippen molar-refractivity contribution in [3.05, 3.63) is 69.7 Å². The highest BCUT2D eigenvalue weighted by molar-refractivity contribution is 9.10. The molecule has 0 fully saturated rings. The van der Waals surface area contributed by atoms with Crippen LogP contribution in [0.1, 0.15) is 50.3 Å². The first-order valence-corrected chi connectivity index (χ1v) is 12.8. The number of nitrogens with one attached hydrogen (secondary N) is 1. The molecule has 31 heavy (non-hydrogen) atoms. The standard InChI is InChI=1S/C25H33BrN2O2S/c1-5-19(4)27-25(30)23(6-2)28(15-21-10-8-7-9-18(21)3)24(29)17-31-16-20-11-13-22(26)14-12-20/h7-14,19,23H,5-6,15-17H2,1-4H3,(H,27,30)/t19-,23-/m0/s1. The van der Waals surface area contributed by atoms with Crippen LogP contribution in [0.2, 0.25) is 0 Å². The second-order valence-corrected chi connectivity index (χ2v) is 9.71. The molecule has 0 spiro atoms. The smallest absolute Gasteiger partial charge is 0.243 e. The van der Waals surface area contributed by atoms with Gasteiger partial charge >= 0.3 is 0 Å². The summed E-state index contributed by atoms with van der Waals surface area (Å²) in [6, 6.07) is 15.8. The summed E-state index contributed by atoms with van der Waals surface area (Å²) in [4.78, 5) is 28.0. The Morgan fingerprint density at radius 3 is 2.35 bits per heavy atom. The zero-order valence-electron chi connectivity index (χ0n) is 18.9. The van der Waals surface area contributed by atoms with Crippen LogP contribution in [0.3, 0.4) is 0 Å². The first-order valence-electron chi connectivity index (χ1n) is 10.8. The molecule has 6 heteroatoms. The van der Waals surface area contributed by atoms with Crippen LogP contribution in [-0.2, 0) is 21.9 Å². The zero-order chi connectivity index (χ0) is 22.8. The van der Waals surface area contributed by atoms with E-state index in [9.17, 15) is 9.59 Å². The Morgan fingerprint density at radius 1 is 1.06 bits per heavy atom. The first-order chi connectivity index (χ1) is 14.8. The van der Waals surface area contributed by atoms with E-state index in [1.54, 1.807) is 16.7 Å². The second-order valence-electron chi connectivity index (χ2n) is 7.81. The number of rotatable bonds is 11. The Hall–Kier alpha value is -1.79. The summed E-state index contributed by atoms with van der Waals surface area (Å²) < 4.78 is 1.04. The highest BCUT2D eigenvalue weighted by Gasteiger charge is 2.29. The lowest BCUT2D eigenvalue weighted by molar-refractivity contribution is -0.139. The lowest BCUT2D eigenvalue weighted by atomic mass is 10.1. The number of amides is 2. The molecule has 1 N–H and O–H groups in total. The summed E-state index contributed by atoms with van der Waals surface area (Å²) in [6.45, 7) is 8.48. The second kappa shape index (κ2) is 12.9. The largest absolute Gasteiger partial charge is 0.352 e. The minimum atomic E-state index is -0.477. The van der Waals surface area contributed by atoms with Crippen LogP contribution in [0, 0.1) is 6.92 Å². The van der Waals surface area contributed by atoms with E-state index in [2.05, 4.69) is 33.4 Å². The van der Waals surface area contributed by atoms with Crippen molar-refractivity contribution in [2.45, 2.75) is 64.9 Å². The Morgan fingerprint density at radius 2 is 1.74 bits per heavy atom. The maximum Gasteiger partial charge on any atom is 0.243 e. The number of carbonyl (C=O) groups is 2. The van der Waals surface area contributed by atoms with Crippen molar-refractivity contribution >= 4 is 39.5 Å². The maximum atomic E-state index is 13.3. The molecule has 0 bridgehead atoms. The highest BCUT2D eigenvalue weighted by atomic mass is 79.9. The third-order valence-electron chi connectivity index (χ3n) is 5.40. The van der Waals surface area contributed by atoms with E-state index in [0.29, 0.717) is 18.7 Å². The molecule has 2 aromatic rings. The summed E-state index contributed by atoms with van der Waals surface area (Å²) in [5.74, 6) is 1.02. The lowest BCUT2D eigenvalue weighted by Crippen LogP contribution is -2.51. The van der Waals surface area contributed by atoms with Gasteiger partial charge in [0, 0.05) is 22.8 Å². The van der Waals surface area contributed by atoms with E-state index in [-0.39, 0.29) is 17.9 Å². The molecule has 0 aliphatic heterocycles. The number of carbonyl (C=O) groups excluding carboxylic acids is 2. The molecule has 0 saturated heterocycles. The van der Waals surface area contributed by atoms with E-state index in [0.717, 1.165) is 27.8 Å². The number of halogens is 1. The maximum absolute atomic E-state index is 13.3. The molecule has 0 radical (unpaired) electrons. The van der Waals surface area contributed by atoms with Gasteiger partial charge in [-0.05, 0) is 55.5 Å². The Labute approximate surface area is 199 Å². The van der Waals surface area contributed by atoms with Gasteiger partial charge in [-0.1, -0.05) is 66.2 Å². The van der Waals surface area contributed by atoms with Crippen molar-refractivity contribution in [3.8, 4) is 0 Å². The van der Waals surface area contributed by atoms with Gasteiger partial charge in [0.2, 0.25) is 11.8 Å². The quantitative estimate of drug-likeness (QED) is 0.426. The van der Waals surface area contributed by atoms with Crippen molar-refractivity contribution in [1.82, 2.24) is 10.2 Å². The van der Waals surface area contributed by atoms with Crippen LogP contribution in [0.15, 0.2) is 53.0 Å². The number of hydrogen-bond acceptors (Lipinski definition) is 3. The average molecular weight is 506 g/mol. The van der Waals surface area contributed by atoms with Crippen molar-refractivity contribution in [3.63, 3.8) is 0 Å². The third kappa shape index (κ3) is 8.00. The molecule has 0 saturated carbocycles. The van der Waals surface area contributed by atoms with E-state index in [4.69, 9.17) is 0 Å². The average Bonchev–Trinajstić information content (AvgIpc) is 2.76. The number of benzene rings is 2. The molecule has 2 aromatic carbocycles. The minimum absolute atomic E-state index is 0.00323. The summed E-state index contributed by atoms with van der Waals surface area (Å²) in [5, 5.41) is 3.06. The normalized spacial score (nSPS) is 12.8. The minimum Gasteiger partial charge on any atom is -0.352 e. The fourth-order valence-corrected chi connectivity index (χ4v) is 4.39. The van der Waals surface area contributed by atoms with Gasteiger partial charge in [-0.15, -0.1) is 11.8 Å². The van der Waals surface area contributed by atoms with E-state index < -0.39 is 6.04 Å². The molecule has 0 aliphatic rings. The monoisotopic (exact) mass is 504 g/mol. The molecule has 0 aromatic heterocycles. The fraction of sp³-hybridized carbons (Fsp3) is 0.440. The topological polar surface area (TPSA) is 49.4 Å². The van der Waals surface area contributed by atoms with Crippen molar-refractivity contribution in [2.24, 2.45) is 0 Å². The van der Waals surface area contributed by atoms with Crippen molar-refractivity contribution < 1.29 is 9.59 Å². The molecule has 2 amide bonds. The number of hydrogen-bond donors (Lipinski definition) is 1. The van der Waals surface area contributed by atoms with Gasteiger partial charge in [0.25, 0.3) is 0 Å². The Balaban J connectivity index is 2.14. The van der Waals surface area contributed by atoms with Crippen LogP contribution in [-0.4, -0.2) is 34.6 Å². The van der Waals surface area contributed by atoms with Gasteiger partial charge in [0.1, 0.15) is 6.04 Å². The SMILES string of the molecule is CC[C@H](C)NC(=O)[C@H](CC)N(Cc1ccccc1C)C(=O)CSCc1ccc(Br)cc1. The summed E-state index contributed by atoms with van der Waals surface area (Å²) in [6.07, 6.45) is 1.44. The summed E-state index contributed by atoms with van der Waals surface area (Å²) in [7, 11) is 0. The van der Waals surface area contributed by atoms with Gasteiger partial charge in [-0.3, -0.25) is 9.59 Å². The van der Waals surface area contributed by atoms with Gasteiger partial charge in [-0.25, -0.2) is 0 Å². The number of nitrogens with zero attached hydrogens (tertiary/aromatic N) is 1. The summed E-state index contributed by atoms with van der Waals surface area (Å²) >= 11 is 5.03. The lowest BCUT2D eigenvalue weighted by Gasteiger charge is -2.32. The van der Waals surface area contributed by atoms with Crippen LogP contribution in [0.25, 0.3) is 0 Å². The van der Waals surface area contributed by atoms with Gasteiger partial charge in [0.15, 0.2) is 0 Å². The molecule has 168 valence electrons. The van der Waals surface area contributed by atoms with Crippen LogP contribution < -0.4 is 5.32 Å². The van der Waals surface area contributed by atoms with Crippen LogP contribution in [0.4, 0.5) is 0 Å². The number of aryl methyl sites for hydroxylation is 1. The Kier molecular flexibility index (Phi) is 10.6. The number of thioether (sulfide) groups is 1. The van der Waals surface area contributed by atoms with E-state index in [1.807, 2.05) is 64.1 Å². The molecular weight excluding hydrogens is 472 g/mol. The molecule has 2 rings (SSSR count). The third-order valence-corrected chi connectivity index (χ3v) is 6.91. The highest BCUT2D eigenvalue weighted by Crippen LogP contribution is 2.20.